The summed E-state index contributed by atoms with van der Waals surface area (Å²) >= 11 is 0. The topological polar surface area (TPSA) is 74.3 Å². The highest BCUT2D eigenvalue weighted by Crippen LogP contribution is 2.21. The molecular formula is C20H32IN5O. The van der Waals surface area contributed by atoms with E-state index in [1.54, 1.807) is 6.20 Å². The van der Waals surface area contributed by atoms with E-state index in [2.05, 4.69) is 59.8 Å². The first-order valence-electron chi connectivity index (χ1n) is 9.45. The molecule has 7 heteroatoms. The molecule has 0 aliphatic carbocycles. The number of hydrogen-bond donors (Lipinski definition) is 3. The van der Waals surface area contributed by atoms with Crippen molar-refractivity contribution >= 4 is 29.9 Å². The fourth-order valence-electron chi connectivity index (χ4n) is 2.53. The summed E-state index contributed by atoms with van der Waals surface area (Å²) in [6.07, 6.45) is 5.22. The zero-order valence-corrected chi connectivity index (χ0v) is 18.9. The third-order valence-corrected chi connectivity index (χ3v) is 3.98. The number of nitrogens with one attached hydrogen (secondary N) is 3. The normalized spacial score (nSPS) is 11.0. The summed E-state index contributed by atoms with van der Waals surface area (Å²) in [5.41, 5.74) is 3.32. The molecule has 2 rings (SSSR count). The lowest BCUT2D eigenvalue weighted by atomic mass is 10.1. The van der Waals surface area contributed by atoms with Crippen molar-refractivity contribution in [3.05, 3.63) is 47.3 Å². The Labute approximate surface area is 179 Å². The Bertz CT molecular complexity index is 673. The summed E-state index contributed by atoms with van der Waals surface area (Å²) in [5.74, 6) is 1.72. The Balaban J connectivity index is 0.00000364. The average molecular weight is 485 g/mol. The highest BCUT2D eigenvalue weighted by molar-refractivity contribution is 14.0. The molecule has 6 nitrogen and oxygen atoms in total. The smallest absolute Gasteiger partial charge is 0.191 e. The van der Waals surface area contributed by atoms with Gasteiger partial charge in [-0.1, -0.05) is 31.9 Å². The van der Waals surface area contributed by atoms with Crippen LogP contribution in [-0.2, 0) is 13.1 Å². The quantitative estimate of drug-likeness (QED) is 0.205. The largest absolute Gasteiger partial charge is 0.493 e. The first kappa shape index (κ1) is 23.3. The number of guanidine groups is 1. The zero-order valence-electron chi connectivity index (χ0n) is 16.5. The SMILES string of the molecule is CCCCCOc1cc(C)ccc1CN=C(NCC)NCc1ccn[nH]1.I. The molecule has 1 aromatic heterocycles. The molecule has 1 aromatic carbocycles. The number of ether oxygens (including phenoxy) is 1. The lowest BCUT2D eigenvalue weighted by Crippen LogP contribution is -2.36. The van der Waals surface area contributed by atoms with Gasteiger partial charge in [0.2, 0.25) is 0 Å². The summed E-state index contributed by atoms with van der Waals surface area (Å²) in [6, 6.07) is 8.25. The number of nitrogens with zero attached hydrogens (tertiary/aromatic N) is 2. The number of rotatable bonds is 10. The molecule has 0 spiro atoms. The molecule has 0 aliphatic rings. The minimum absolute atomic E-state index is 0. The molecule has 0 amide bonds. The molecule has 2 aromatic rings. The van der Waals surface area contributed by atoms with Gasteiger partial charge in [-0.25, -0.2) is 4.99 Å². The number of aliphatic imine (C=N–C) groups is 1. The second-order valence-electron chi connectivity index (χ2n) is 6.30. The maximum absolute atomic E-state index is 6.01. The highest BCUT2D eigenvalue weighted by atomic mass is 127. The molecular weight excluding hydrogens is 453 g/mol. The second kappa shape index (κ2) is 13.4. The lowest BCUT2D eigenvalue weighted by molar-refractivity contribution is 0.303. The second-order valence-corrected chi connectivity index (χ2v) is 6.30. The van der Waals surface area contributed by atoms with Crippen LogP contribution >= 0.6 is 24.0 Å². The van der Waals surface area contributed by atoms with Gasteiger partial charge in [-0.2, -0.15) is 5.10 Å². The van der Waals surface area contributed by atoms with Crippen LogP contribution in [0.2, 0.25) is 0 Å². The Kier molecular flexibility index (Phi) is 11.6. The van der Waals surface area contributed by atoms with Crippen molar-refractivity contribution in [1.29, 1.82) is 0 Å². The molecule has 0 bridgehead atoms. The van der Waals surface area contributed by atoms with E-state index >= 15 is 0 Å². The molecule has 27 heavy (non-hydrogen) atoms. The first-order valence-corrected chi connectivity index (χ1v) is 9.45. The number of hydrogen-bond acceptors (Lipinski definition) is 3. The Morgan fingerprint density at radius 3 is 2.74 bits per heavy atom. The van der Waals surface area contributed by atoms with Gasteiger partial charge in [-0.15, -0.1) is 24.0 Å². The average Bonchev–Trinajstić information content (AvgIpc) is 3.16. The monoisotopic (exact) mass is 485 g/mol. The minimum atomic E-state index is 0. The Hall–Kier alpha value is -1.77. The van der Waals surface area contributed by atoms with Gasteiger partial charge in [0, 0.05) is 18.3 Å². The van der Waals surface area contributed by atoms with Crippen molar-refractivity contribution in [2.24, 2.45) is 4.99 Å². The molecule has 0 atom stereocenters. The summed E-state index contributed by atoms with van der Waals surface area (Å²) in [5, 5.41) is 13.5. The van der Waals surface area contributed by atoms with Gasteiger partial charge >= 0.3 is 0 Å². The van der Waals surface area contributed by atoms with E-state index < -0.39 is 0 Å². The van der Waals surface area contributed by atoms with E-state index in [1.807, 2.05) is 6.07 Å². The van der Waals surface area contributed by atoms with Crippen molar-refractivity contribution in [2.75, 3.05) is 13.2 Å². The van der Waals surface area contributed by atoms with Crippen LogP contribution in [0.3, 0.4) is 0 Å². The number of aryl methyl sites for hydroxylation is 1. The molecule has 0 aliphatic heterocycles. The van der Waals surface area contributed by atoms with Crippen molar-refractivity contribution < 1.29 is 4.74 Å². The third kappa shape index (κ3) is 8.64. The molecule has 0 saturated carbocycles. The van der Waals surface area contributed by atoms with Crippen molar-refractivity contribution in [3.63, 3.8) is 0 Å². The Morgan fingerprint density at radius 2 is 2.04 bits per heavy atom. The fraction of sp³-hybridized carbons (Fsp3) is 0.500. The molecule has 0 unspecified atom stereocenters. The van der Waals surface area contributed by atoms with Crippen molar-refractivity contribution in [1.82, 2.24) is 20.8 Å². The van der Waals surface area contributed by atoms with Gasteiger partial charge in [0.25, 0.3) is 0 Å². The van der Waals surface area contributed by atoms with Gasteiger partial charge < -0.3 is 15.4 Å². The van der Waals surface area contributed by atoms with E-state index in [9.17, 15) is 0 Å². The standard InChI is InChI=1S/C20H31N5O.HI/c1-4-6-7-12-26-19-13-16(3)8-9-17(19)14-22-20(21-5-2)23-15-18-10-11-24-25-18;/h8-11,13H,4-7,12,14-15H2,1-3H3,(H,24,25)(H2,21,22,23);1H. The number of H-pyrrole nitrogens is 1. The van der Waals surface area contributed by atoms with E-state index in [-0.39, 0.29) is 24.0 Å². The van der Waals surface area contributed by atoms with E-state index in [4.69, 9.17) is 9.73 Å². The molecule has 0 saturated heterocycles. The maximum atomic E-state index is 6.01. The number of aromatic nitrogens is 2. The van der Waals surface area contributed by atoms with E-state index in [1.165, 1.54) is 18.4 Å². The van der Waals surface area contributed by atoms with Crippen LogP contribution in [0.1, 0.15) is 49.9 Å². The minimum Gasteiger partial charge on any atom is -0.493 e. The van der Waals surface area contributed by atoms with Crippen LogP contribution in [0.15, 0.2) is 35.5 Å². The number of unbranched alkanes of at least 4 members (excludes halogenated alkanes) is 2. The zero-order chi connectivity index (χ0) is 18.6. The highest BCUT2D eigenvalue weighted by Gasteiger charge is 2.05. The summed E-state index contributed by atoms with van der Waals surface area (Å²) in [6.45, 7) is 9.13. The molecule has 3 N–H and O–H groups in total. The van der Waals surface area contributed by atoms with Gasteiger partial charge in [-0.05, 0) is 38.0 Å². The van der Waals surface area contributed by atoms with Gasteiger partial charge in [0.15, 0.2) is 5.96 Å². The van der Waals surface area contributed by atoms with Crippen molar-refractivity contribution in [3.8, 4) is 5.75 Å². The summed E-state index contributed by atoms with van der Waals surface area (Å²) in [4.78, 5) is 4.70. The third-order valence-electron chi connectivity index (χ3n) is 3.98. The van der Waals surface area contributed by atoms with Crippen LogP contribution in [0.4, 0.5) is 0 Å². The number of benzene rings is 1. The van der Waals surface area contributed by atoms with Crippen LogP contribution in [0.25, 0.3) is 0 Å². The van der Waals surface area contributed by atoms with Crippen LogP contribution < -0.4 is 15.4 Å². The molecule has 150 valence electrons. The van der Waals surface area contributed by atoms with Crippen molar-refractivity contribution in [2.45, 2.75) is 53.1 Å². The predicted octanol–water partition coefficient (Wildman–Crippen LogP) is 4.16. The number of aromatic amines is 1. The van der Waals surface area contributed by atoms with Gasteiger partial charge in [0.1, 0.15) is 5.75 Å². The van der Waals surface area contributed by atoms with E-state index in [0.29, 0.717) is 13.1 Å². The predicted molar refractivity (Wildman–Crippen MR) is 122 cm³/mol. The maximum Gasteiger partial charge on any atom is 0.191 e. The van der Waals surface area contributed by atoms with Crippen LogP contribution in [0.5, 0.6) is 5.75 Å². The first-order chi connectivity index (χ1) is 12.7. The fourth-order valence-corrected chi connectivity index (χ4v) is 2.53. The van der Waals surface area contributed by atoms with Gasteiger partial charge in [-0.3, -0.25) is 5.10 Å². The number of halogens is 1. The van der Waals surface area contributed by atoms with Crippen LogP contribution in [0, 0.1) is 6.92 Å². The molecule has 0 fully saturated rings. The summed E-state index contributed by atoms with van der Waals surface area (Å²) < 4.78 is 6.01. The lowest BCUT2D eigenvalue weighted by Gasteiger charge is -2.13. The molecule has 0 radical (unpaired) electrons. The van der Waals surface area contributed by atoms with Crippen LogP contribution in [-0.4, -0.2) is 29.3 Å². The van der Waals surface area contributed by atoms with E-state index in [0.717, 1.165) is 42.5 Å². The molecule has 1 heterocycles. The Morgan fingerprint density at radius 1 is 1.19 bits per heavy atom. The summed E-state index contributed by atoms with van der Waals surface area (Å²) in [7, 11) is 0. The van der Waals surface area contributed by atoms with Gasteiger partial charge in [0.05, 0.1) is 25.4 Å².